The molecule has 28 heavy (non-hydrogen) atoms. The lowest BCUT2D eigenvalue weighted by molar-refractivity contribution is 0.0958. The minimum Gasteiger partial charge on any atom is -0.351 e. The van der Waals surface area contributed by atoms with E-state index in [9.17, 15) is 4.79 Å². The van der Waals surface area contributed by atoms with E-state index in [1.807, 2.05) is 66.2 Å². The standard InChI is InChI=1S/C21H17Cl2N3OS/c1-13-18-12-19(20(27)24-11-10-14-2-4-15(22)5-3-14)28-21(18)26(25-13)17-8-6-16(23)7-9-17/h2-9,12H,10-11H2,1H3,(H,24,27). The average Bonchev–Trinajstić information content (AvgIpc) is 3.25. The van der Waals surface area contributed by atoms with Gasteiger partial charge in [-0.3, -0.25) is 4.79 Å². The maximum absolute atomic E-state index is 12.6. The predicted molar refractivity (Wildman–Crippen MR) is 116 cm³/mol. The fourth-order valence-electron chi connectivity index (χ4n) is 2.97. The van der Waals surface area contributed by atoms with E-state index in [1.165, 1.54) is 11.3 Å². The van der Waals surface area contributed by atoms with Crippen LogP contribution in [0.5, 0.6) is 0 Å². The first-order chi connectivity index (χ1) is 13.5. The molecule has 0 saturated heterocycles. The summed E-state index contributed by atoms with van der Waals surface area (Å²) in [6.07, 6.45) is 0.755. The van der Waals surface area contributed by atoms with Gasteiger partial charge in [0.2, 0.25) is 0 Å². The molecule has 0 aliphatic heterocycles. The van der Waals surface area contributed by atoms with Crippen LogP contribution in [0.15, 0.2) is 54.6 Å². The second kappa shape index (κ2) is 7.95. The van der Waals surface area contributed by atoms with E-state index in [1.54, 1.807) is 0 Å². The molecule has 1 amide bonds. The minimum absolute atomic E-state index is 0.0720. The SMILES string of the molecule is Cc1nn(-c2ccc(Cl)cc2)c2sc(C(=O)NCCc3ccc(Cl)cc3)cc12. The van der Waals surface area contributed by atoms with E-state index < -0.39 is 0 Å². The fourth-order valence-corrected chi connectivity index (χ4v) is 4.33. The largest absolute Gasteiger partial charge is 0.351 e. The lowest BCUT2D eigenvalue weighted by Crippen LogP contribution is -2.24. The molecule has 0 spiro atoms. The molecule has 7 heteroatoms. The molecule has 0 saturated carbocycles. The lowest BCUT2D eigenvalue weighted by atomic mass is 10.1. The van der Waals surface area contributed by atoms with Crippen LogP contribution in [0, 0.1) is 6.92 Å². The van der Waals surface area contributed by atoms with Crippen LogP contribution in [0.3, 0.4) is 0 Å². The Bertz CT molecular complexity index is 1130. The molecule has 2 aromatic heterocycles. The summed E-state index contributed by atoms with van der Waals surface area (Å²) in [5.41, 5.74) is 2.94. The third-order valence-electron chi connectivity index (χ3n) is 4.45. The number of thiophene rings is 1. The van der Waals surface area contributed by atoms with Gasteiger partial charge in [0.25, 0.3) is 5.91 Å². The van der Waals surface area contributed by atoms with E-state index in [2.05, 4.69) is 10.4 Å². The number of benzene rings is 2. The number of hydrogen-bond donors (Lipinski definition) is 1. The van der Waals surface area contributed by atoms with Crippen molar-refractivity contribution in [1.82, 2.24) is 15.1 Å². The number of nitrogens with one attached hydrogen (secondary N) is 1. The predicted octanol–water partition coefficient (Wildman–Crippen LogP) is 5.67. The van der Waals surface area contributed by atoms with Crippen LogP contribution in [0.2, 0.25) is 10.0 Å². The Labute approximate surface area is 176 Å². The highest BCUT2D eigenvalue weighted by Gasteiger charge is 2.17. The first kappa shape index (κ1) is 19.0. The van der Waals surface area contributed by atoms with Crippen molar-refractivity contribution in [3.8, 4) is 5.69 Å². The maximum atomic E-state index is 12.6. The summed E-state index contributed by atoms with van der Waals surface area (Å²) in [5.74, 6) is -0.0720. The number of hydrogen-bond acceptors (Lipinski definition) is 3. The number of nitrogens with zero attached hydrogens (tertiary/aromatic N) is 2. The highest BCUT2D eigenvalue weighted by molar-refractivity contribution is 7.20. The lowest BCUT2D eigenvalue weighted by Gasteiger charge is -2.04. The highest BCUT2D eigenvalue weighted by Crippen LogP contribution is 2.30. The van der Waals surface area contributed by atoms with E-state index in [0.29, 0.717) is 21.5 Å². The molecule has 0 aliphatic rings. The van der Waals surface area contributed by atoms with Crippen LogP contribution in [0.1, 0.15) is 20.9 Å². The summed E-state index contributed by atoms with van der Waals surface area (Å²) in [7, 11) is 0. The molecule has 4 aromatic rings. The minimum atomic E-state index is -0.0720. The first-order valence-electron chi connectivity index (χ1n) is 8.79. The molecular weight excluding hydrogens is 413 g/mol. The van der Waals surface area contributed by atoms with Crippen molar-refractivity contribution in [3.63, 3.8) is 0 Å². The van der Waals surface area contributed by atoms with Gasteiger partial charge in [-0.05, 0) is 61.4 Å². The summed E-state index contributed by atoms with van der Waals surface area (Å²) >= 11 is 13.3. The Morgan fingerprint density at radius 1 is 1.07 bits per heavy atom. The summed E-state index contributed by atoms with van der Waals surface area (Å²) in [6.45, 7) is 2.51. The van der Waals surface area contributed by atoms with Gasteiger partial charge in [-0.15, -0.1) is 11.3 Å². The molecule has 1 N–H and O–H groups in total. The van der Waals surface area contributed by atoms with Gasteiger partial charge in [0, 0.05) is 22.0 Å². The van der Waals surface area contributed by atoms with Crippen molar-refractivity contribution < 1.29 is 4.79 Å². The fraction of sp³-hybridized carbons (Fsp3) is 0.143. The van der Waals surface area contributed by atoms with Crippen LogP contribution < -0.4 is 5.32 Å². The number of halogens is 2. The second-order valence-corrected chi connectivity index (χ2v) is 8.34. The van der Waals surface area contributed by atoms with E-state index in [0.717, 1.165) is 33.6 Å². The normalized spacial score (nSPS) is 11.1. The van der Waals surface area contributed by atoms with Gasteiger partial charge in [0.05, 0.1) is 16.3 Å². The maximum Gasteiger partial charge on any atom is 0.261 e. The summed E-state index contributed by atoms with van der Waals surface area (Å²) in [6, 6.07) is 17.1. The topological polar surface area (TPSA) is 46.9 Å². The van der Waals surface area contributed by atoms with Gasteiger partial charge in [-0.2, -0.15) is 5.10 Å². The molecule has 0 aliphatic carbocycles. The molecule has 0 bridgehead atoms. The zero-order valence-electron chi connectivity index (χ0n) is 15.1. The number of carbonyl (C=O) groups is 1. The Morgan fingerprint density at radius 2 is 1.71 bits per heavy atom. The molecule has 142 valence electrons. The highest BCUT2D eigenvalue weighted by atomic mass is 35.5. The second-order valence-electron chi connectivity index (χ2n) is 6.44. The van der Waals surface area contributed by atoms with Crippen molar-refractivity contribution in [2.75, 3.05) is 6.54 Å². The van der Waals surface area contributed by atoms with Gasteiger partial charge >= 0.3 is 0 Å². The van der Waals surface area contributed by atoms with E-state index in [4.69, 9.17) is 23.2 Å². The zero-order valence-corrected chi connectivity index (χ0v) is 17.4. The van der Waals surface area contributed by atoms with Crippen LogP contribution >= 0.6 is 34.5 Å². The Hall–Kier alpha value is -2.34. The van der Waals surface area contributed by atoms with Crippen LogP contribution in [-0.2, 0) is 6.42 Å². The van der Waals surface area contributed by atoms with Gasteiger partial charge in [-0.25, -0.2) is 4.68 Å². The van der Waals surface area contributed by atoms with Gasteiger partial charge < -0.3 is 5.32 Å². The number of aromatic nitrogens is 2. The molecule has 0 unspecified atom stereocenters. The zero-order chi connectivity index (χ0) is 19.7. The number of fused-ring (bicyclic) bond motifs is 1. The first-order valence-corrected chi connectivity index (χ1v) is 10.4. The Morgan fingerprint density at radius 3 is 2.39 bits per heavy atom. The van der Waals surface area contributed by atoms with Crippen molar-refractivity contribution in [1.29, 1.82) is 0 Å². The summed E-state index contributed by atoms with van der Waals surface area (Å²) in [5, 5.41) is 9.97. The Kier molecular flexibility index (Phi) is 5.40. The molecule has 4 rings (SSSR count). The van der Waals surface area contributed by atoms with Gasteiger partial charge in [-0.1, -0.05) is 35.3 Å². The third kappa shape index (κ3) is 3.92. The molecule has 2 aromatic carbocycles. The number of rotatable bonds is 5. The monoisotopic (exact) mass is 429 g/mol. The van der Waals surface area contributed by atoms with Crippen molar-refractivity contribution in [3.05, 3.63) is 80.8 Å². The molecule has 4 nitrogen and oxygen atoms in total. The van der Waals surface area contributed by atoms with Crippen molar-refractivity contribution >= 4 is 50.7 Å². The van der Waals surface area contributed by atoms with Gasteiger partial charge in [0.15, 0.2) is 0 Å². The molecule has 0 fully saturated rings. The summed E-state index contributed by atoms with van der Waals surface area (Å²) < 4.78 is 1.86. The van der Waals surface area contributed by atoms with E-state index >= 15 is 0 Å². The Balaban J connectivity index is 1.51. The molecule has 2 heterocycles. The summed E-state index contributed by atoms with van der Waals surface area (Å²) in [4.78, 5) is 14.2. The van der Waals surface area contributed by atoms with Crippen molar-refractivity contribution in [2.45, 2.75) is 13.3 Å². The molecule has 0 atom stereocenters. The van der Waals surface area contributed by atoms with Crippen LogP contribution in [0.4, 0.5) is 0 Å². The number of aryl methyl sites for hydroxylation is 1. The van der Waals surface area contributed by atoms with Crippen molar-refractivity contribution in [2.24, 2.45) is 0 Å². The quantitative estimate of drug-likeness (QED) is 0.443. The molecular formula is C21H17Cl2N3OS. The smallest absolute Gasteiger partial charge is 0.261 e. The number of carbonyl (C=O) groups excluding carboxylic acids is 1. The third-order valence-corrected chi connectivity index (χ3v) is 6.07. The van der Waals surface area contributed by atoms with Crippen LogP contribution in [0.25, 0.3) is 15.9 Å². The average molecular weight is 430 g/mol. The number of amides is 1. The van der Waals surface area contributed by atoms with Crippen LogP contribution in [-0.4, -0.2) is 22.2 Å². The molecule has 0 radical (unpaired) electrons. The van der Waals surface area contributed by atoms with Gasteiger partial charge in [0.1, 0.15) is 4.83 Å². The van der Waals surface area contributed by atoms with E-state index in [-0.39, 0.29) is 5.91 Å².